The zero-order valence-corrected chi connectivity index (χ0v) is 11.2. The van der Waals surface area contributed by atoms with Gasteiger partial charge in [-0.1, -0.05) is 15.9 Å². The van der Waals surface area contributed by atoms with Crippen LogP contribution in [0.1, 0.15) is 34.1 Å². The maximum atomic E-state index is 13.6. The lowest BCUT2D eigenvalue weighted by molar-refractivity contribution is -0.262. The maximum absolute atomic E-state index is 13.6. The van der Waals surface area contributed by atoms with E-state index < -0.39 is 17.8 Å². The second-order valence-electron chi connectivity index (χ2n) is 3.79. The van der Waals surface area contributed by atoms with Crippen molar-refractivity contribution in [1.82, 2.24) is 0 Å². The van der Waals surface area contributed by atoms with Gasteiger partial charge in [-0.15, -0.1) is 0 Å². The van der Waals surface area contributed by atoms with Crippen molar-refractivity contribution in [3.63, 3.8) is 0 Å². The van der Waals surface area contributed by atoms with E-state index in [1.807, 2.05) is 0 Å². The number of halogens is 3. The van der Waals surface area contributed by atoms with Gasteiger partial charge in [-0.2, -0.15) is 0 Å². The van der Waals surface area contributed by atoms with Crippen LogP contribution >= 0.6 is 15.9 Å². The van der Waals surface area contributed by atoms with Crippen LogP contribution in [0.5, 0.6) is 0 Å². The Morgan fingerprint density at radius 3 is 2.27 bits per heavy atom. The molecule has 0 radical (unpaired) electrons. The summed E-state index contributed by atoms with van der Waals surface area (Å²) in [5.74, 6) is -2.87. The average molecular weight is 289 g/mol. The van der Waals surface area contributed by atoms with Crippen molar-refractivity contribution in [2.45, 2.75) is 51.9 Å². The molecule has 1 atom stereocenters. The van der Waals surface area contributed by atoms with Crippen molar-refractivity contribution >= 4 is 15.9 Å². The molecule has 0 amide bonds. The molecule has 0 aliphatic heterocycles. The van der Waals surface area contributed by atoms with Crippen molar-refractivity contribution < 1.29 is 18.3 Å². The molecule has 92 valence electrons. The van der Waals surface area contributed by atoms with Crippen LogP contribution in [0.4, 0.5) is 8.78 Å². The van der Waals surface area contributed by atoms with Crippen LogP contribution in [-0.2, 0) is 9.47 Å². The van der Waals surface area contributed by atoms with Gasteiger partial charge < -0.3 is 9.47 Å². The molecule has 0 rings (SSSR count). The first-order valence-corrected chi connectivity index (χ1v) is 6.12. The molecule has 0 aliphatic carbocycles. The van der Waals surface area contributed by atoms with Crippen LogP contribution in [0, 0.1) is 0 Å². The van der Waals surface area contributed by atoms with Crippen molar-refractivity contribution in [2.75, 3.05) is 11.9 Å². The monoisotopic (exact) mass is 288 g/mol. The van der Waals surface area contributed by atoms with Crippen molar-refractivity contribution in [3.8, 4) is 0 Å². The van der Waals surface area contributed by atoms with Gasteiger partial charge in [-0.05, 0) is 27.7 Å². The second kappa shape index (κ2) is 6.11. The third kappa shape index (κ3) is 4.74. The van der Waals surface area contributed by atoms with Crippen LogP contribution in [0.3, 0.4) is 0 Å². The Morgan fingerprint density at radius 1 is 1.33 bits per heavy atom. The van der Waals surface area contributed by atoms with E-state index in [4.69, 9.17) is 9.47 Å². The van der Waals surface area contributed by atoms with Crippen LogP contribution < -0.4 is 0 Å². The van der Waals surface area contributed by atoms with Gasteiger partial charge in [0.25, 0.3) is 5.92 Å². The standard InChI is InChI=1S/C10H19BrF2O2/c1-5-14-8(2)15-9(3,4)10(12,13)6-7-11/h8H,5-7H2,1-4H3. The molecular formula is C10H19BrF2O2. The largest absolute Gasteiger partial charge is 0.353 e. The molecular weight excluding hydrogens is 270 g/mol. The highest BCUT2D eigenvalue weighted by Crippen LogP contribution is 2.36. The van der Waals surface area contributed by atoms with E-state index in [1.54, 1.807) is 13.8 Å². The fourth-order valence-electron chi connectivity index (χ4n) is 1.19. The van der Waals surface area contributed by atoms with Crippen LogP contribution in [-0.4, -0.2) is 29.8 Å². The number of rotatable bonds is 7. The van der Waals surface area contributed by atoms with Gasteiger partial charge >= 0.3 is 0 Å². The summed E-state index contributed by atoms with van der Waals surface area (Å²) in [4.78, 5) is 0. The quantitative estimate of drug-likeness (QED) is 0.527. The molecule has 0 saturated carbocycles. The summed E-state index contributed by atoms with van der Waals surface area (Å²) in [5, 5.41) is 0.246. The van der Waals surface area contributed by atoms with Gasteiger partial charge in [-0.3, -0.25) is 0 Å². The fraction of sp³-hybridized carbons (Fsp3) is 1.00. The summed E-state index contributed by atoms with van der Waals surface area (Å²) < 4.78 is 37.5. The fourth-order valence-corrected chi connectivity index (χ4v) is 1.69. The average Bonchev–Trinajstić information content (AvgIpc) is 2.02. The smallest absolute Gasteiger partial charge is 0.276 e. The summed E-state index contributed by atoms with van der Waals surface area (Å²) in [5.41, 5.74) is -1.52. The minimum atomic E-state index is -2.87. The molecule has 0 aromatic heterocycles. The maximum Gasteiger partial charge on any atom is 0.276 e. The third-order valence-corrected chi connectivity index (χ3v) is 2.55. The molecule has 15 heavy (non-hydrogen) atoms. The Labute approximate surface area is 98.4 Å². The molecule has 0 bridgehead atoms. The second-order valence-corrected chi connectivity index (χ2v) is 4.59. The molecule has 5 heteroatoms. The molecule has 0 aromatic carbocycles. The minimum Gasteiger partial charge on any atom is -0.353 e. The number of ether oxygens (including phenoxy) is 2. The Balaban J connectivity index is 4.38. The number of hydrogen-bond donors (Lipinski definition) is 0. The lowest BCUT2D eigenvalue weighted by Crippen LogP contribution is -2.47. The van der Waals surface area contributed by atoms with Gasteiger partial charge in [0.2, 0.25) is 0 Å². The first-order valence-electron chi connectivity index (χ1n) is 5.00. The number of hydrogen-bond acceptors (Lipinski definition) is 2. The van der Waals surface area contributed by atoms with E-state index >= 15 is 0 Å². The van der Waals surface area contributed by atoms with E-state index in [0.717, 1.165) is 0 Å². The zero-order chi connectivity index (χ0) is 12.1. The van der Waals surface area contributed by atoms with Crippen LogP contribution in [0.2, 0.25) is 0 Å². The molecule has 1 unspecified atom stereocenters. The Morgan fingerprint density at radius 2 is 1.87 bits per heavy atom. The number of alkyl halides is 3. The highest BCUT2D eigenvalue weighted by atomic mass is 79.9. The van der Waals surface area contributed by atoms with E-state index in [2.05, 4.69) is 15.9 Å². The summed E-state index contributed by atoms with van der Waals surface area (Å²) in [6.07, 6.45) is -0.870. The highest BCUT2D eigenvalue weighted by molar-refractivity contribution is 9.09. The highest BCUT2D eigenvalue weighted by Gasteiger charge is 2.47. The topological polar surface area (TPSA) is 18.5 Å². The predicted molar refractivity (Wildman–Crippen MR) is 59.6 cm³/mol. The third-order valence-electron chi connectivity index (χ3n) is 2.15. The minimum absolute atomic E-state index is 0.246. The zero-order valence-electron chi connectivity index (χ0n) is 9.65. The van der Waals surface area contributed by atoms with Gasteiger partial charge in [0.1, 0.15) is 5.60 Å². The Bertz CT molecular complexity index is 186. The predicted octanol–water partition coefficient (Wildman–Crippen LogP) is 3.58. The van der Waals surface area contributed by atoms with Crippen molar-refractivity contribution in [1.29, 1.82) is 0 Å². The molecule has 2 nitrogen and oxygen atoms in total. The molecule has 0 heterocycles. The lowest BCUT2D eigenvalue weighted by atomic mass is 9.98. The molecule has 0 aromatic rings. The van der Waals surface area contributed by atoms with Gasteiger partial charge in [-0.25, -0.2) is 8.78 Å². The first kappa shape index (κ1) is 15.3. The SMILES string of the molecule is CCOC(C)OC(C)(C)C(F)(F)CCBr. The van der Waals surface area contributed by atoms with Crippen molar-refractivity contribution in [3.05, 3.63) is 0 Å². The molecule has 0 spiro atoms. The summed E-state index contributed by atoms with van der Waals surface area (Å²) >= 11 is 3.01. The van der Waals surface area contributed by atoms with Gasteiger partial charge in [0, 0.05) is 18.4 Å². The van der Waals surface area contributed by atoms with E-state index in [-0.39, 0.29) is 11.8 Å². The summed E-state index contributed by atoms with van der Waals surface area (Å²) in [7, 11) is 0. The molecule has 0 N–H and O–H groups in total. The van der Waals surface area contributed by atoms with Crippen LogP contribution in [0.15, 0.2) is 0 Å². The Kier molecular flexibility index (Phi) is 6.21. The molecule has 0 saturated heterocycles. The van der Waals surface area contributed by atoms with Gasteiger partial charge in [0.05, 0.1) is 0 Å². The first-order chi connectivity index (χ1) is 6.77. The summed E-state index contributed by atoms with van der Waals surface area (Å²) in [6.45, 7) is 6.62. The van der Waals surface area contributed by atoms with E-state index in [1.165, 1.54) is 13.8 Å². The lowest BCUT2D eigenvalue weighted by Gasteiger charge is -2.35. The Hall–Kier alpha value is 0.260. The molecule has 0 fully saturated rings. The summed E-state index contributed by atoms with van der Waals surface area (Å²) in [6, 6.07) is 0. The van der Waals surface area contributed by atoms with E-state index in [9.17, 15) is 8.78 Å². The van der Waals surface area contributed by atoms with Crippen LogP contribution in [0.25, 0.3) is 0 Å². The van der Waals surface area contributed by atoms with E-state index in [0.29, 0.717) is 6.61 Å². The normalized spacial score (nSPS) is 15.4. The molecule has 0 aliphatic rings. The van der Waals surface area contributed by atoms with Gasteiger partial charge in [0.15, 0.2) is 6.29 Å². The van der Waals surface area contributed by atoms with Crippen molar-refractivity contribution in [2.24, 2.45) is 0 Å².